The molecule has 0 saturated heterocycles. The van der Waals surface area contributed by atoms with Gasteiger partial charge in [-0.25, -0.2) is 0 Å². The van der Waals surface area contributed by atoms with Crippen LogP contribution in [0, 0.1) is 0 Å². The molecule has 4 heteroatoms. The maximum atomic E-state index is 9.15. The summed E-state index contributed by atoms with van der Waals surface area (Å²) in [5.41, 5.74) is 0. The molecule has 0 aliphatic heterocycles. The summed E-state index contributed by atoms with van der Waals surface area (Å²) in [5, 5.41) is 0. The smallest absolute Gasteiger partial charge is 0.808 e. The van der Waals surface area contributed by atoms with E-state index in [2.05, 4.69) is 0 Å². The van der Waals surface area contributed by atoms with Gasteiger partial charge in [-0.2, -0.15) is 0 Å². The van der Waals surface area contributed by atoms with Crippen LogP contribution in [-0.4, -0.2) is 11.6 Å². The van der Waals surface area contributed by atoms with E-state index in [1.54, 1.807) is 0 Å². The van der Waals surface area contributed by atoms with E-state index in [0.29, 0.717) is 0 Å². The van der Waals surface area contributed by atoms with Crippen molar-refractivity contribution >= 4 is 8.38 Å². The molecule has 0 amide bonds. The average molecular weight is 102 g/mol. The Kier molecular flexibility index (Phi) is 10.3. The minimum Gasteiger partial charge on any atom is -0.808 e. The maximum absolute atomic E-state index is 9.15. The van der Waals surface area contributed by atoms with Gasteiger partial charge in [0.2, 0.25) is 0 Å². The van der Waals surface area contributed by atoms with E-state index < -0.39 is 8.38 Å². The predicted octanol–water partition coefficient (Wildman–Crippen LogP) is -3.72. The van der Waals surface area contributed by atoms with Gasteiger partial charge in [0.15, 0.2) is 0 Å². The van der Waals surface area contributed by atoms with E-state index in [-0.39, 0.29) is 29.6 Å². The minimum atomic E-state index is -1.87. The molecule has 0 aromatic carbocycles. The van der Waals surface area contributed by atoms with Gasteiger partial charge in [0.1, 0.15) is 0 Å². The molecule has 26 valence electrons. The van der Waals surface area contributed by atoms with Crippen molar-refractivity contribution in [1.29, 1.82) is 0 Å². The third-order valence-corrected chi connectivity index (χ3v) is 0. The third kappa shape index (κ3) is 32.9. The van der Waals surface area contributed by atoms with Crippen LogP contribution in [0.25, 0.3) is 0 Å². The van der Waals surface area contributed by atoms with Gasteiger partial charge in [0, 0.05) is 0 Å². The van der Waals surface area contributed by atoms with E-state index in [0.717, 1.165) is 0 Å². The molecule has 0 aromatic rings. The first kappa shape index (κ1) is 9.61. The van der Waals surface area contributed by atoms with E-state index >= 15 is 0 Å². The quantitative estimate of drug-likeness (QED) is 0.252. The summed E-state index contributed by atoms with van der Waals surface area (Å²) >= 11 is 0. The largest absolute Gasteiger partial charge is 1.00 e. The van der Waals surface area contributed by atoms with Crippen LogP contribution in [0.5, 0.6) is 0 Å². The summed E-state index contributed by atoms with van der Waals surface area (Å²) in [5.74, 6) is 0. The molecule has 0 saturated carbocycles. The van der Waals surface area contributed by atoms with Gasteiger partial charge >= 0.3 is 29.6 Å². The molecule has 0 spiro atoms. The van der Waals surface area contributed by atoms with Crippen molar-refractivity contribution < 1.29 is 39.3 Å². The van der Waals surface area contributed by atoms with Gasteiger partial charge < -0.3 is 9.79 Å². The maximum Gasteiger partial charge on any atom is 1.00 e. The Morgan fingerprint density at radius 2 is 1.80 bits per heavy atom. The predicted molar refractivity (Wildman–Crippen MR) is 15.1 cm³/mol. The molecule has 1 N–H and O–H groups in total. The standard InChI is InChI=1S/CH4O2P.Na/c1-4(2)3;/h2H,1H3;/q-1;+1. The zero-order valence-electron chi connectivity index (χ0n) is 3.30. The van der Waals surface area contributed by atoms with Crippen LogP contribution in [0.4, 0.5) is 0 Å². The van der Waals surface area contributed by atoms with Crippen molar-refractivity contribution in [3.8, 4) is 0 Å². The second kappa shape index (κ2) is 5.35. The Balaban J connectivity index is 0. The summed E-state index contributed by atoms with van der Waals surface area (Å²) in [4.78, 5) is 16.7. The zero-order valence-corrected chi connectivity index (χ0v) is 6.20. The summed E-state index contributed by atoms with van der Waals surface area (Å²) in [6, 6.07) is 0. The number of hydrogen-bond donors (Lipinski definition) is 1. The first-order chi connectivity index (χ1) is 1.73. The second-order valence-electron chi connectivity index (χ2n) is 0.464. The molecular weight excluding hydrogens is 98.0 g/mol. The van der Waals surface area contributed by atoms with Gasteiger partial charge in [0.25, 0.3) is 0 Å². The minimum absolute atomic E-state index is 0. The molecule has 1 unspecified atom stereocenters. The van der Waals surface area contributed by atoms with E-state index in [1.165, 1.54) is 6.66 Å². The zero-order chi connectivity index (χ0) is 3.58. The monoisotopic (exact) mass is 102 g/mol. The van der Waals surface area contributed by atoms with Crippen molar-refractivity contribution in [2.75, 3.05) is 6.66 Å². The molecule has 0 aliphatic rings. The Labute approximate surface area is 54.4 Å². The van der Waals surface area contributed by atoms with Crippen LogP contribution in [-0.2, 0) is 0 Å². The summed E-state index contributed by atoms with van der Waals surface area (Å²) in [6.07, 6.45) is 0. The van der Waals surface area contributed by atoms with Crippen LogP contribution in [0.15, 0.2) is 0 Å². The van der Waals surface area contributed by atoms with Crippen LogP contribution in [0.2, 0.25) is 0 Å². The summed E-state index contributed by atoms with van der Waals surface area (Å²) in [6.45, 7) is 1.23. The number of hydrogen-bond acceptors (Lipinski definition) is 2. The first-order valence-corrected chi connectivity index (χ1v) is 2.49. The van der Waals surface area contributed by atoms with Crippen molar-refractivity contribution in [1.82, 2.24) is 0 Å². The van der Waals surface area contributed by atoms with E-state index in [4.69, 9.17) is 9.79 Å². The molecule has 0 fully saturated rings. The molecule has 0 radical (unpaired) electrons. The second-order valence-corrected chi connectivity index (χ2v) is 1.39. The average Bonchev–Trinajstić information content (AvgIpc) is 0.811. The third-order valence-electron chi connectivity index (χ3n) is 0. The van der Waals surface area contributed by atoms with Crippen LogP contribution in [0.3, 0.4) is 0 Å². The number of rotatable bonds is 0. The molecule has 1 atom stereocenters. The van der Waals surface area contributed by atoms with Gasteiger partial charge in [-0.15, -0.1) is 0 Å². The fourth-order valence-electron chi connectivity index (χ4n) is 0. The molecule has 0 heterocycles. The van der Waals surface area contributed by atoms with Gasteiger partial charge in [-0.05, 0) is 6.66 Å². The van der Waals surface area contributed by atoms with Gasteiger partial charge in [-0.1, -0.05) is 8.38 Å². The van der Waals surface area contributed by atoms with Crippen molar-refractivity contribution in [2.24, 2.45) is 0 Å². The Morgan fingerprint density at radius 1 is 1.80 bits per heavy atom. The molecule has 2 nitrogen and oxygen atoms in total. The molecule has 5 heavy (non-hydrogen) atoms. The van der Waals surface area contributed by atoms with Crippen LogP contribution >= 0.6 is 8.38 Å². The fraction of sp³-hybridized carbons (Fsp3) is 1.00. The van der Waals surface area contributed by atoms with E-state index in [9.17, 15) is 0 Å². The van der Waals surface area contributed by atoms with E-state index in [1.807, 2.05) is 0 Å². The van der Waals surface area contributed by atoms with Gasteiger partial charge in [0.05, 0.1) is 0 Å². The molecule has 0 rings (SSSR count). The summed E-state index contributed by atoms with van der Waals surface area (Å²) in [7, 11) is -1.87. The Bertz CT molecular complexity index is 14.4. The molecular formula is CH4NaO2P. The van der Waals surface area contributed by atoms with Gasteiger partial charge in [-0.3, -0.25) is 0 Å². The van der Waals surface area contributed by atoms with Crippen LogP contribution < -0.4 is 34.5 Å². The first-order valence-electron chi connectivity index (χ1n) is 0.830. The Hall–Kier alpha value is 1.35. The molecule has 0 aromatic heterocycles. The normalized spacial score (nSPS) is 12.6. The SMILES string of the molecule is CP([O-])O.[Na+]. The molecule has 0 aliphatic carbocycles. The fourth-order valence-corrected chi connectivity index (χ4v) is 0. The van der Waals surface area contributed by atoms with Crippen molar-refractivity contribution in [3.63, 3.8) is 0 Å². The molecule has 0 bridgehead atoms. The topological polar surface area (TPSA) is 43.3 Å². The van der Waals surface area contributed by atoms with Crippen molar-refractivity contribution in [3.05, 3.63) is 0 Å². The Morgan fingerprint density at radius 3 is 1.80 bits per heavy atom. The summed E-state index contributed by atoms with van der Waals surface area (Å²) < 4.78 is 0. The van der Waals surface area contributed by atoms with Crippen molar-refractivity contribution in [2.45, 2.75) is 0 Å². The van der Waals surface area contributed by atoms with Crippen LogP contribution in [0.1, 0.15) is 0 Å².